The Morgan fingerprint density at radius 1 is 1.33 bits per heavy atom. The highest BCUT2D eigenvalue weighted by atomic mass is 79.9. The van der Waals surface area contributed by atoms with Crippen LogP contribution in [-0.2, 0) is 5.41 Å². The zero-order valence-electron chi connectivity index (χ0n) is 8.14. The first-order valence-corrected chi connectivity index (χ1v) is 5.61. The van der Waals surface area contributed by atoms with Crippen molar-refractivity contribution in [2.45, 2.75) is 24.2 Å². The van der Waals surface area contributed by atoms with Crippen LogP contribution in [0.3, 0.4) is 0 Å². The van der Waals surface area contributed by atoms with E-state index in [9.17, 15) is 8.78 Å². The van der Waals surface area contributed by atoms with Gasteiger partial charge >= 0.3 is 0 Å². The molecule has 1 aromatic rings. The lowest BCUT2D eigenvalue weighted by molar-refractivity contribution is -0.123. The van der Waals surface area contributed by atoms with E-state index in [1.54, 1.807) is 0 Å². The SMILES string of the molecule is NCC1(c2cccc(Br)c2)CC(F)(F)C1. The van der Waals surface area contributed by atoms with Gasteiger partial charge in [0.15, 0.2) is 0 Å². The van der Waals surface area contributed by atoms with Crippen molar-refractivity contribution in [3.05, 3.63) is 34.3 Å². The van der Waals surface area contributed by atoms with Gasteiger partial charge in [0.1, 0.15) is 0 Å². The molecule has 82 valence electrons. The Hall–Kier alpha value is -0.480. The minimum atomic E-state index is -2.54. The first-order chi connectivity index (χ1) is 6.97. The van der Waals surface area contributed by atoms with Crippen LogP contribution in [0.5, 0.6) is 0 Å². The monoisotopic (exact) mass is 275 g/mol. The van der Waals surface area contributed by atoms with Crippen LogP contribution in [0.4, 0.5) is 8.78 Å². The molecule has 4 heteroatoms. The van der Waals surface area contributed by atoms with Gasteiger partial charge in [0.2, 0.25) is 5.92 Å². The molecule has 1 aliphatic carbocycles. The van der Waals surface area contributed by atoms with Gasteiger partial charge in [-0.2, -0.15) is 0 Å². The Morgan fingerprint density at radius 3 is 2.47 bits per heavy atom. The molecular weight excluding hydrogens is 264 g/mol. The topological polar surface area (TPSA) is 26.0 Å². The van der Waals surface area contributed by atoms with Crippen LogP contribution in [-0.4, -0.2) is 12.5 Å². The van der Waals surface area contributed by atoms with Crippen molar-refractivity contribution in [1.82, 2.24) is 0 Å². The minimum Gasteiger partial charge on any atom is -0.330 e. The molecule has 1 aromatic carbocycles. The quantitative estimate of drug-likeness (QED) is 0.882. The molecule has 2 N–H and O–H groups in total. The molecule has 15 heavy (non-hydrogen) atoms. The summed E-state index contributed by atoms with van der Waals surface area (Å²) in [5.74, 6) is -2.54. The second-order valence-corrected chi connectivity index (χ2v) is 5.12. The van der Waals surface area contributed by atoms with E-state index in [-0.39, 0.29) is 19.4 Å². The van der Waals surface area contributed by atoms with Crippen molar-refractivity contribution in [1.29, 1.82) is 0 Å². The Kier molecular flexibility index (Phi) is 2.59. The van der Waals surface area contributed by atoms with Gasteiger partial charge in [0.25, 0.3) is 0 Å². The van der Waals surface area contributed by atoms with Crippen LogP contribution >= 0.6 is 15.9 Å². The molecule has 0 radical (unpaired) electrons. The maximum atomic E-state index is 12.9. The molecule has 0 bridgehead atoms. The second-order valence-electron chi connectivity index (χ2n) is 4.20. The number of nitrogens with two attached hydrogens (primary N) is 1. The van der Waals surface area contributed by atoms with Crippen LogP contribution in [0.1, 0.15) is 18.4 Å². The van der Waals surface area contributed by atoms with Crippen LogP contribution in [0, 0.1) is 0 Å². The average Bonchev–Trinajstić information content (AvgIpc) is 2.13. The lowest BCUT2D eigenvalue weighted by Crippen LogP contribution is -2.53. The average molecular weight is 276 g/mol. The molecule has 1 saturated carbocycles. The summed E-state index contributed by atoms with van der Waals surface area (Å²) in [6, 6.07) is 7.48. The Morgan fingerprint density at radius 2 is 2.00 bits per heavy atom. The molecule has 0 unspecified atom stereocenters. The summed E-state index contributed by atoms with van der Waals surface area (Å²) in [5.41, 5.74) is 6.01. The van der Waals surface area contributed by atoms with Gasteiger partial charge in [-0.3, -0.25) is 0 Å². The van der Waals surface area contributed by atoms with Crippen molar-refractivity contribution in [3.8, 4) is 0 Å². The third kappa shape index (κ3) is 1.93. The molecule has 0 amide bonds. The number of halogens is 3. The van der Waals surface area contributed by atoms with Crippen molar-refractivity contribution >= 4 is 15.9 Å². The molecule has 0 spiro atoms. The fraction of sp³-hybridized carbons (Fsp3) is 0.455. The van der Waals surface area contributed by atoms with E-state index in [0.717, 1.165) is 10.0 Å². The Balaban J connectivity index is 2.29. The van der Waals surface area contributed by atoms with E-state index in [1.807, 2.05) is 24.3 Å². The number of alkyl halides is 2. The zero-order chi connectivity index (χ0) is 11.1. The second kappa shape index (κ2) is 3.52. The first-order valence-electron chi connectivity index (χ1n) is 4.81. The minimum absolute atomic E-state index is 0.132. The van der Waals surface area contributed by atoms with E-state index in [2.05, 4.69) is 15.9 Å². The molecule has 0 atom stereocenters. The number of hydrogen-bond donors (Lipinski definition) is 1. The van der Waals surface area contributed by atoms with Gasteiger partial charge in [0.05, 0.1) is 0 Å². The fourth-order valence-corrected chi connectivity index (χ4v) is 2.62. The van der Waals surface area contributed by atoms with Crippen LogP contribution in [0.15, 0.2) is 28.7 Å². The van der Waals surface area contributed by atoms with Crippen LogP contribution in [0.2, 0.25) is 0 Å². The largest absolute Gasteiger partial charge is 0.330 e. The summed E-state index contributed by atoms with van der Waals surface area (Å²) in [6.07, 6.45) is -0.264. The third-order valence-electron chi connectivity index (χ3n) is 3.02. The zero-order valence-corrected chi connectivity index (χ0v) is 9.73. The van der Waals surface area contributed by atoms with Crippen molar-refractivity contribution in [2.24, 2.45) is 5.73 Å². The highest BCUT2D eigenvalue weighted by molar-refractivity contribution is 9.10. The lowest BCUT2D eigenvalue weighted by Gasteiger charge is -2.47. The van der Waals surface area contributed by atoms with E-state index in [4.69, 9.17) is 5.73 Å². The smallest absolute Gasteiger partial charge is 0.250 e. The van der Waals surface area contributed by atoms with E-state index in [1.165, 1.54) is 0 Å². The summed E-state index contributed by atoms with van der Waals surface area (Å²) in [7, 11) is 0. The normalized spacial score (nSPS) is 22.1. The van der Waals surface area contributed by atoms with E-state index >= 15 is 0 Å². The highest BCUT2D eigenvalue weighted by Crippen LogP contribution is 2.52. The standard InChI is InChI=1S/C11H12BrF2N/c12-9-3-1-2-8(4-9)10(7-15)5-11(13,14)6-10/h1-4H,5-7,15H2. The van der Waals surface area contributed by atoms with Gasteiger partial charge in [-0.1, -0.05) is 28.1 Å². The van der Waals surface area contributed by atoms with Gasteiger partial charge in [-0.15, -0.1) is 0 Å². The summed E-state index contributed by atoms with van der Waals surface area (Å²) in [4.78, 5) is 0. The number of hydrogen-bond acceptors (Lipinski definition) is 1. The Bertz CT molecular complexity index is 371. The maximum absolute atomic E-state index is 12.9. The molecule has 0 saturated heterocycles. The lowest BCUT2D eigenvalue weighted by atomic mass is 9.62. The molecule has 0 aliphatic heterocycles. The van der Waals surface area contributed by atoms with Crippen molar-refractivity contribution < 1.29 is 8.78 Å². The molecule has 2 rings (SSSR count). The van der Waals surface area contributed by atoms with Crippen LogP contribution < -0.4 is 5.73 Å². The van der Waals surface area contributed by atoms with Gasteiger partial charge in [-0.25, -0.2) is 8.78 Å². The van der Waals surface area contributed by atoms with E-state index in [0.29, 0.717) is 0 Å². The van der Waals surface area contributed by atoms with Crippen molar-refractivity contribution in [3.63, 3.8) is 0 Å². The molecular formula is C11H12BrF2N. The molecule has 1 aliphatic rings. The summed E-state index contributed by atoms with van der Waals surface area (Å²) < 4.78 is 26.8. The first kappa shape index (κ1) is 11.0. The predicted molar refractivity (Wildman–Crippen MR) is 59.1 cm³/mol. The fourth-order valence-electron chi connectivity index (χ4n) is 2.22. The van der Waals surface area contributed by atoms with Crippen LogP contribution in [0.25, 0.3) is 0 Å². The molecule has 0 heterocycles. The molecule has 0 aromatic heterocycles. The predicted octanol–water partition coefficient (Wildman–Crippen LogP) is 3.07. The Labute approximate surface area is 95.8 Å². The molecule has 1 fully saturated rings. The highest BCUT2D eigenvalue weighted by Gasteiger charge is 2.56. The summed E-state index contributed by atoms with van der Waals surface area (Å²) >= 11 is 3.34. The summed E-state index contributed by atoms with van der Waals surface area (Å²) in [6.45, 7) is 0.277. The van der Waals surface area contributed by atoms with Gasteiger partial charge in [-0.05, 0) is 17.7 Å². The van der Waals surface area contributed by atoms with E-state index < -0.39 is 11.3 Å². The number of benzene rings is 1. The third-order valence-corrected chi connectivity index (χ3v) is 3.52. The molecule has 1 nitrogen and oxygen atoms in total. The van der Waals surface area contributed by atoms with Crippen molar-refractivity contribution in [2.75, 3.05) is 6.54 Å². The number of rotatable bonds is 2. The maximum Gasteiger partial charge on any atom is 0.250 e. The summed E-state index contributed by atoms with van der Waals surface area (Å²) in [5, 5.41) is 0. The van der Waals surface area contributed by atoms with Gasteiger partial charge < -0.3 is 5.73 Å². The van der Waals surface area contributed by atoms with Gasteiger partial charge in [0, 0.05) is 29.3 Å².